The van der Waals surface area contributed by atoms with Crippen LogP contribution in [-0.4, -0.2) is 50.4 Å². The van der Waals surface area contributed by atoms with Gasteiger partial charge in [0.1, 0.15) is 12.3 Å². The molecule has 1 saturated carbocycles. The van der Waals surface area contributed by atoms with Gasteiger partial charge in [-0.15, -0.1) is 0 Å². The van der Waals surface area contributed by atoms with Crippen LogP contribution in [0, 0.1) is 11.8 Å². The number of piperazine rings is 1. The van der Waals surface area contributed by atoms with Gasteiger partial charge in [-0.2, -0.15) is 18.7 Å². The second-order valence-electron chi connectivity index (χ2n) is 7.17. The van der Waals surface area contributed by atoms with Crippen molar-refractivity contribution in [1.82, 2.24) is 26.7 Å². The molecule has 9 heteroatoms. The average Bonchev–Trinajstić information content (AvgIpc) is 2.99. The summed E-state index contributed by atoms with van der Waals surface area (Å²) in [7, 11) is 0. The van der Waals surface area contributed by atoms with Crippen LogP contribution in [0.2, 0.25) is 0 Å². The molecule has 0 radical (unpaired) electrons. The topological polar surface area (TPSA) is 69.4 Å². The third-order valence-corrected chi connectivity index (χ3v) is 5.33. The minimum atomic E-state index is -4.18. The lowest BCUT2D eigenvalue weighted by atomic mass is 9.80. The summed E-state index contributed by atoms with van der Waals surface area (Å²) in [6, 6.07) is -1.44. The van der Waals surface area contributed by atoms with E-state index in [1.54, 1.807) is 0 Å². The fraction of sp³-hybridized carbons (Fsp3) is 1.00. The molecule has 0 aromatic carbocycles. The fourth-order valence-electron chi connectivity index (χ4n) is 3.80. The summed E-state index contributed by atoms with van der Waals surface area (Å²) < 4.78 is 37.8. The van der Waals surface area contributed by atoms with Crippen molar-refractivity contribution < 1.29 is 18.0 Å². The van der Waals surface area contributed by atoms with Gasteiger partial charge in [0.2, 0.25) is 0 Å². The van der Waals surface area contributed by atoms with Crippen molar-refractivity contribution in [3.8, 4) is 0 Å². The summed E-state index contributed by atoms with van der Waals surface area (Å²) in [5.74, 6) is 1.16. The molecule has 2 aliphatic heterocycles. The third kappa shape index (κ3) is 4.80. The zero-order valence-electron chi connectivity index (χ0n) is 14.0. The summed E-state index contributed by atoms with van der Waals surface area (Å²) in [6.45, 7) is 3.05. The van der Waals surface area contributed by atoms with Gasteiger partial charge in [-0.25, -0.2) is 0 Å². The minimum Gasteiger partial charge on any atom is -0.302 e. The SMILES string of the molecule is CC1NC(C2CCC(CNC3CNC(C(F)(F)F)CN3)CC2)NO1. The zero-order chi connectivity index (χ0) is 17.2. The first-order valence-electron chi connectivity index (χ1n) is 8.86. The highest BCUT2D eigenvalue weighted by atomic mass is 19.4. The van der Waals surface area contributed by atoms with Crippen LogP contribution in [0.4, 0.5) is 13.2 Å². The number of halogens is 3. The van der Waals surface area contributed by atoms with E-state index in [0.29, 0.717) is 18.4 Å². The van der Waals surface area contributed by atoms with Gasteiger partial charge in [0, 0.05) is 13.1 Å². The molecule has 2 saturated heterocycles. The van der Waals surface area contributed by atoms with Gasteiger partial charge < -0.3 is 10.6 Å². The monoisotopic (exact) mass is 351 g/mol. The molecule has 0 aromatic rings. The molecule has 5 N–H and O–H groups in total. The maximum absolute atomic E-state index is 12.6. The van der Waals surface area contributed by atoms with Gasteiger partial charge in [-0.3, -0.25) is 15.5 Å². The Bertz CT molecular complexity index is 395. The molecule has 0 aromatic heterocycles. The molecule has 1 aliphatic carbocycles. The van der Waals surface area contributed by atoms with E-state index >= 15 is 0 Å². The molecule has 4 atom stereocenters. The Balaban J connectivity index is 1.31. The molecular weight excluding hydrogens is 323 g/mol. The number of hydrogen-bond donors (Lipinski definition) is 5. The van der Waals surface area contributed by atoms with E-state index in [1.165, 1.54) is 0 Å². The zero-order valence-corrected chi connectivity index (χ0v) is 14.0. The van der Waals surface area contributed by atoms with Crippen molar-refractivity contribution in [3.63, 3.8) is 0 Å². The molecular formula is C15H28F3N5O. The van der Waals surface area contributed by atoms with Gasteiger partial charge in [-0.1, -0.05) is 0 Å². The van der Waals surface area contributed by atoms with Crippen molar-refractivity contribution in [2.45, 2.75) is 63.4 Å². The van der Waals surface area contributed by atoms with Crippen molar-refractivity contribution in [3.05, 3.63) is 0 Å². The molecule has 2 heterocycles. The maximum atomic E-state index is 12.6. The molecule has 0 amide bonds. The standard InChI is InChI=1S/C15H28F3N5O/c1-9-22-14(23-24-9)11-4-2-10(3-5-11)6-20-13-8-19-12(7-21-13)15(16,17)18/h9-14,19-23H,2-8H2,1H3. The summed E-state index contributed by atoms with van der Waals surface area (Å²) >= 11 is 0. The average molecular weight is 351 g/mol. The predicted molar refractivity (Wildman–Crippen MR) is 83.7 cm³/mol. The molecule has 4 unspecified atom stereocenters. The van der Waals surface area contributed by atoms with Gasteiger partial charge in [-0.05, 0) is 51.0 Å². The van der Waals surface area contributed by atoms with Crippen LogP contribution >= 0.6 is 0 Å². The quantitative estimate of drug-likeness (QED) is 0.512. The van der Waals surface area contributed by atoms with Crippen molar-refractivity contribution >= 4 is 0 Å². The Morgan fingerprint density at radius 1 is 1.08 bits per heavy atom. The Labute approximate surface area is 140 Å². The summed E-state index contributed by atoms with van der Waals surface area (Å²) in [5, 5.41) is 12.2. The number of hydroxylamine groups is 1. The smallest absolute Gasteiger partial charge is 0.302 e. The number of rotatable bonds is 4. The largest absolute Gasteiger partial charge is 0.405 e. The Morgan fingerprint density at radius 2 is 1.83 bits per heavy atom. The van der Waals surface area contributed by atoms with E-state index in [-0.39, 0.29) is 25.1 Å². The molecule has 6 nitrogen and oxygen atoms in total. The van der Waals surface area contributed by atoms with Crippen LogP contribution in [0.25, 0.3) is 0 Å². The lowest BCUT2D eigenvalue weighted by Crippen LogP contribution is -2.63. The molecule has 3 fully saturated rings. The number of alkyl halides is 3. The number of hydrogen-bond acceptors (Lipinski definition) is 6. The van der Waals surface area contributed by atoms with Crippen LogP contribution in [0.15, 0.2) is 0 Å². The first-order valence-corrected chi connectivity index (χ1v) is 8.86. The van der Waals surface area contributed by atoms with Crippen molar-refractivity contribution in [2.75, 3.05) is 19.6 Å². The van der Waals surface area contributed by atoms with Gasteiger partial charge in [0.05, 0.1) is 12.3 Å². The number of nitrogens with one attached hydrogen (secondary N) is 5. The van der Waals surface area contributed by atoms with E-state index in [2.05, 4.69) is 26.7 Å². The van der Waals surface area contributed by atoms with Crippen LogP contribution in [0.3, 0.4) is 0 Å². The third-order valence-electron chi connectivity index (χ3n) is 5.33. The Kier molecular flexibility index (Phi) is 5.99. The first-order chi connectivity index (χ1) is 11.4. The summed E-state index contributed by atoms with van der Waals surface area (Å²) in [4.78, 5) is 5.34. The second kappa shape index (κ2) is 7.84. The fourth-order valence-corrected chi connectivity index (χ4v) is 3.80. The molecule has 0 spiro atoms. The lowest BCUT2D eigenvalue weighted by molar-refractivity contribution is -0.158. The van der Waals surface area contributed by atoms with E-state index in [9.17, 15) is 13.2 Å². The van der Waals surface area contributed by atoms with E-state index in [0.717, 1.165) is 32.2 Å². The van der Waals surface area contributed by atoms with Crippen molar-refractivity contribution in [1.29, 1.82) is 0 Å². The highest BCUT2D eigenvalue weighted by Crippen LogP contribution is 2.31. The maximum Gasteiger partial charge on any atom is 0.405 e. The molecule has 3 aliphatic rings. The first kappa shape index (κ1) is 18.3. The van der Waals surface area contributed by atoms with Crippen LogP contribution in [-0.2, 0) is 4.84 Å². The van der Waals surface area contributed by atoms with E-state index in [4.69, 9.17) is 4.84 Å². The van der Waals surface area contributed by atoms with Crippen LogP contribution < -0.4 is 26.7 Å². The summed E-state index contributed by atoms with van der Waals surface area (Å²) in [6.07, 6.45) is 0.569. The minimum absolute atomic E-state index is 0.0554. The van der Waals surface area contributed by atoms with Crippen LogP contribution in [0.1, 0.15) is 32.6 Å². The van der Waals surface area contributed by atoms with Crippen molar-refractivity contribution in [2.24, 2.45) is 11.8 Å². The predicted octanol–water partition coefficient (Wildman–Crippen LogP) is 0.629. The van der Waals surface area contributed by atoms with Gasteiger partial charge in [0.25, 0.3) is 0 Å². The Hall–Kier alpha value is -0.450. The molecule has 3 rings (SSSR count). The summed E-state index contributed by atoms with van der Waals surface area (Å²) in [5.41, 5.74) is 3.05. The van der Waals surface area contributed by atoms with Gasteiger partial charge in [0.15, 0.2) is 0 Å². The molecule has 140 valence electrons. The highest BCUT2D eigenvalue weighted by Gasteiger charge is 2.41. The van der Waals surface area contributed by atoms with E-state index < -0.39 is 12.2 Å². The van der Waals surface area contributed by atoms with Gasteiger partial charge >= 0.3 is 6.18 Å². The highest BCUT2D eigenvalue weighted by molar-refractivity contribution is 4.87. The van der Waals surface area contributed by atoms with Crippen LogP contribution in [0.5, 0.6) is 0 Å². The Morgan fingerprint density at radius 3 is 2.38 bits per heavy atom. The van der Waals surface area contributed by atoms with E-state index in [1.807, 2.05) is 6.92 Å². The second-order valence-corrected chi connectivity index (χ2v) is 7.17. The molecule has 24 heavy (non-hydrogen) atoms. The molecule has 0 bridgehead atoms. The normalized spacial score (nSPS) is 41.5. The lowest BCUT2D eigenvalue weighted by Gasteiger charge is -2.35.